The number of likely N-dealkylation sites (tertiary alicyclic amines) is 1. The average molecular weight is 447 g/mol. The molecular weight excluding hydrogens is 416 g/mol. The number of aromatic nitrogens is 2. The van der Waals surface area contributed by atoms with E-state index in [0.717, 1.165) is 66.4 Å². The number of piperidine rings is 1. The van der Waals surface area contributed by atoms with Crippen LogP contribution in [0.1, 0.15) is 25.7 Å². The van der Waals surface area contributed by atoms with Crippen LogP contribution in [-0.4, -0.2) is 53.7 Å². The molecule has 8 nitrogen and oxygen atoms in total. The predicted octanol–water partition coefficient (Wildman–Crippen LogP) is 4.38. The van der Waals surface area contributed by atoms with Crippen LogP contribution in [0.15, 0.2) is 48.8 Å². The van der Waals surface area contributed by atoms with Gasteiger partial charge in [-0.25, -0.2) is 14.8 Å². The molecule has 1 aliphatic carbocycles. The quantitative estimate of drug-likeness (QED) is 0.499. The van der Waals surface area contributed by atoms with Gasteiger partial charge in [-0.3, -0.25) is 0 Å². The minimum atomic E-state index is -0.158. The van der Waals surface area contributed by atoms with E-state index in [1.807, 2.05) is 42.5 Å². The molecule has 33 heavy (non-hydrogen) atoms. The molecule has 172 valence electrons. The van der Waals surface area contributed by atoms with Crippen LogP contribution in [-0.2, 0) is 0 Å². The van der Waals surface area contributed by atoms with Gasteiger partial charge in [0.1, 0.15) is 17.9 Å². The third kappa shape index (κ3) is 5.70. The molecule has 2 aromatic carbocycles. The third-order valence-electron chi connectivity index (χ3n) is 6.25. The Morgan fingerprint density at radius 3 is 2.55 bits per heavy atom. The Labute approximate surface area is 193 Å². The fraction of sp³-hybridized carbons (Fsp3) is 0.400. The number of hydrogen-bond acceptors (Lipinski definition) is 6. The number of carbonyl (C=O) groups excluding carboxylic acids is 1. The van der Waals surface area contributed by atoms with Crippen molar-refractivity contribution in [3.8, 4) is 5.75 Å². The molecule has 8 heteroatoms. The SMILES string of the molecule is CN1CCC(COc2ccc3c(Nc4ccc(NC(=O)NC5CC5)cc4)ncnc3c2)CC1. The number of urea groups is 1. The lowest BCUT2D eigenvalue weighted by molar-refractivity contribution is 0.160. The molecule has 3 N–H and O–H groups in total. The molecule has 1 aromatic heterocycles. The number of carbonyl (C=O) groups is 1. The normalized spacial score (nSPS) is 17.0. The standard InChI is InChI=1S/C25H30N6O2/c1-31-12-10-17(11-13-31)15-33-21-8-9-22-23(14-21)26-16-27-24(22)28-18-2-4-19(5-3-18)29-25(32)30-20-6-7-20/h2-5,8-9,14,16-17,20H,6-7,10-13,15H2,1H3,(H,26,27,28)(H2,29,30,32). The lowest BCUT2D eigenvalue weighted by Gasteiger charge is -2.28. The molecule has 0 atom stereocenters. The van der Waals surface area contributed by atoms with Crippen molar-refractivity contribution in [2.24, 2.45) is 5.92 Å². The fourth-order valence-corrected chi connectivity index (χ4v) is 4.02. The van der Waals surface area contributed by atoms with Gasteiger partial charge in [0.05, 0.1) is 12.1 Å². The first-order valence-electron chi connectivity index (χ1n) is 11.6. The summed E-state index contributed by atoms with van der Waals surface area (Å²) in [5.74, 6) is 2.18. The molecule has 0 spiro atoms. The summed E-state index contributed by atoms with van der Waals surface area (Å²) >= 11 is 0. The summed E-state index contributed by atoms with van der Waals surface area (Å²) in [6.07, 6.45) is 6.05. The zero-order valence-electron chi connectivity index (χ0n) is 18.9. The number of fused-ring (bicyclic) bond motifs is 1. The monoisotopic (exact) mass is 446 g/mol. The molecule has 5 rings (SSSR count). The highest BCUT2D eigenvalue weighted by Crippen LogP contribution is 2.27. The second-order valence-corrected chi connectivity index (χ2v) is 9.03. The molecule has 2 amide bonds. The lowest BCUT2D eigenvalue weighted by Crippen LogP contribution is -2.32. The van der Waals surface area contributed by atoms with Crippen molar-refractivity contribution in [3.63, 3.8) is 0 Å². The Hall–Kier alpha value is -3.39. The summed E-state index contributed by atoms with van der Waals surface area (Å²) in [4.78, 5) is 23.1. The summed E-state index contributed by atoms with van der Waals surface area (Å²) in [5, 5.41) is 10.1. The first-order valence-corrected chi connectivity index (χ1v) is 11.6. The van der Waals surface area contributed by atoms with Gasteiger partial charge >= 0.3 is 6.03 Å². The van der Waals surface area contributed by atoms with Gasteiger partial charge in [0, 0.05) is 28.9 Å². The summed E-state index contributed by atoms with van der Waals surface area (Å²) < 4.78 is 6.08. The van der Waals surface area contributed by atoms with Crippen LogP contribution in [0.4, 0.5) is 22.0 Å². The van der Waals surface area contributed by atoms with Crippen molar-refractivity contribution >= 4 is 34.1 Å². The van der Waals surface area contributed by atoms with Crippen LogP contribution in [0.2, 0.25) is 0 Å². The number of ether oxygens (including phenoxy) is 1. The van der Waals surface area contributed by atoms with Gasteiger partial charge in [-0.15, -0.1) is 0 Å². The van der Waals surface area contributed by atoms with Crippen molar-refractivity contribution in [1.82, 2.24) is 20.2 Å². The molecule has 0 bridgehead atoms. The highest BCUT2D eigenvalue weighted by molar-refractivity contribution is 5.92. The van der Waals surface area contributed by atoms with E-state index in [2.05, 4.69) is 37.9 Å². The van der Waals surface area contributed by atoms with Gasteiger partial charge < -0.3 is 25.6 Å². The Balaban J connectivity index is 1.21. The van der Waals surface area contributed by atoms with Crippen molar-refractivity contribution in [2.45, 2.75) is 31.7 Å². The maximum atomic E-state index is 11.9. The Morgan fingerprint density at radius 1 is 1.03 bits per heavy atom. The van der Waals surface area contributed by atoms with Crippen molar-refractivity contribution in [1.29, 1.82) is 0 Å². The van der Waals surface area contributed by atoms with Gasteiger partial charge in [-0.1, -0.05) is 0 Å². The maximum Gasteiger partial charge on any atom is 0.319 e. The molecule has 2 fully saturated rings. The van der Waals surface area contributed by atoms with Gasteiger partial charge in [0.25, 0.3) is 0 Å². The fourth-order valence-electron chi connectivity index (χ4n) is 4.02. The van der Waals surface area contributed by atoms with Crippen LogP contribution >= 0.6 is 0 Å². The Morgan fingerprint density at radius 2 is 1.79 bits per heavy atom. The van der Waals surface area contributed by atoms with E-state index in [1.165, 1.54) is 12.8 Å². The summed E-state index contributed by atoms with van der Waals surface area (Å²) in [7, 11) is 2.17. The number of hydrogen-bond donors (Lipinski definition) is 3. The molecule has 1 saturated carbocycles. The van der Waals surface area contributed by atoms with E-state index in [9.17, 15) is 4.79 Å². The van der Waals surface area contributed by atoms with E-state index in [0.29, 0.717) is 12.0 Å². The predicted molar refractivity (Wildman–Crippen MR) is 130 cm³/mol. The zero-order valence-corrected chi connectivity index (χ0v) is 18.9. The number of nitrogens with zero attached hydrogens (tertiary/aromatic N) is 3. The van der Waals surface area contributed by atoms with Crippen LogP contribution < -0.4 is 20.7 Å². The van der Waals surface area contributed by atoms with E-state index >= 15 is 0 Å². The third-order valence-corrected chi connectivity index (χ3v) is 6.25. The Kier molecular flexibility index (Phi) is 6.26. The average Bonchev–Trinajstić information content (AvgIpc) is 3.64. The van der Waals surface area contributed by atoms with Crippen LogP contribution in [0.25, 0.3) is 10.9 Å². The van der Waals surface area contributed by atoms with E-state index in [1.54, 1.807) is 6.33 Å². The van der Waals surface area contributed by atoms with Gasteiger partial charge in [-0.2, -0.15) is 0 Å². The van der Waals surface area contributed by atoms with E-state index in [4.69, 9.17) is 4.74 Å². The molecule has 2 aliphatic rings. The minimum Gasteiger partial charge on any atom is -0.493 e. The van der Waals surface area contributed by atoms with Crippen molar-refractivity contribution in [3.05, 3.63) is 48.8 Å². The number of amides is 2. The first-order chi connectivity index (χ1) is 16.1. The highest BCUT2D eigenvalue weighted by Gasteiger charge is 2.23. The maximum absolute atomic E-state index is 11.9. The van der Waals surface area contributed by atoms with Crippen LogP contribution in [0.3, 0.4) is 0 Å². The van der Waals surface area contributed by atoms with Crippen molar-refractivity contribution in [2.75, 3.05) is 37.4 Å². The zero-order chi connectivity index (χ0) is 22.6. The van der Waals surface area contributed by atoms with Gasteiger partial charge in [-0.05, 0) is 88.1 Å². The number of anilines is 3. The van der Waals surface area contributed by atoms with Crippen molar-refractivity contribution < 1.29 is 9.53 Å². The molecule has 0 unspecified atom stereocenters. The topological polar surface area (TPSA) is 91.4 Å². The second kappa shape index (κ2) is 9.62. The van der Waals surface area contributed by atoms with Gasteiger partial charge in [0.2, 0.25) is 0 Å². The van der Waals surface area contributed by atoms with E-state index in [-0.39, 0.29) is 6.03 Å². The molecule has 1 saturated heterocycles. The molecule has 3 aromatic rings. The second-order valence-electron chi connectivity index (χ2n) is 9.03. The molecular formula is C25H30N6O2. The summed E-state index contributed by atoms with van der Waals surface area (Å²) in [6, 6.07) is 13.7. The number of rotatable bonds is 7. The van der Waals surface area contributed by atoms with E-state index < -0.39 is 0 Å². The summed E-state index contributed by atoms with van der Waals surface area (Å²) in [5.41, 5.74) is 2.46. The van der Waals surface area contributed by atoms with Crippen LogP contribution in [0.5, 0.6) is 5.75 Å². The first kappa shape index (κ1) is 21.5. The Bertz CT molecular complexity index is 1110. The smallest absolute Gasteiger partial charge is 0.319 e. The molecule has 2 heterocycles. The number of nitrogens with one attached hydrogen (secondary N) is 3. The largest absolute Gasteiger partial charge is 0.493 e. The molecule has 1 aliphatic heterocycles. The summed E-state index contributed by atoms with van der Waals surface area (Å²) in [6.45, 7) is 3.02. The van der Waals surface area contributed by atoms with Gasteiger partial charge in [0.15, 0.2) is 0 Å². The highest BCUT2D eigenvalue weighted by atomic mass is 16.5. The van der Waals surface area contributed by atoms with Crippen LogP contribution in [0, 0.1) is 5.92 Å². The molecule has 0 radical (unpaired) electrons. The number of benzene rings is 2. The lowest BCUT2D eigenvalue weighted by atomic mass is 9.98. The minimum absolute atomic E-state index is 0.158.